The van der Waals surface area contributed by atoms with Crippen molar-refractivity contribution in [3.05, 3.63) is 24.2 Å². The van der Waals surface area contributed by atoms with Crippen LogP contribution >= 0.6 is 0 Å². The summed E-state index contributed by atoms with van der Waals surface area (Å²) in [5.41, 5.74) is -0.647. The largest absolute Gasteiger partial charge is 0.469 e. The lowest BCUT2D eigenvalue weighted by Crippen LogP contribution is -2.49. The molecule has 0 radical (unpaired) electrons. The minimum atomic E-state index is -0.647. The predicted molar refractivity (Wildman–Crippen MR) is 75.8 cm³/mol. The topological polar surface area (TPSA) is 66.0 Å². The third-order valence-electron chi connectivity index (χ3n) is 4.31. The highest BCUT2D eigenvalue weighted by Crippen LogP contribution is 2.33. The Morgan fingerprint density at radius 2 is 2.30 bits per heavy atom. The van der Waals surface area contributed by atoms with E-state index in [4.69, 9.17) is 4.42 Å². The lowest BCUT2D eigenvalue weighted by atomic mass is 9.76. The smallest absolute Gasteiger partial charge is 0.221 e. The summed E-state index contributed by atoms with van der Waals surface area (Å²) in [6, 6.07) is 6.01. The number of hydrogen-bond acceptors (Lipinski definition) is 3. The van der Waals surface area contributed by atoms with E-state index in [-0.39, 0.29) is 5.91 Å². The molecule has 0 atom stereocenters. The van der Waals surface area contributed by atoms with Gasteiger partial charge in [-0.2, -0.15) is 5.26 Å². The highest BCUT2D eigenvalue weighted by Gasteiger charge is 2.36. The molecule has 0 aliphatic heterocycles. The van der Waals surface area contributed by atoms with E-state index in [0.717, 1.165) is 37.9 Å². The first-order chi connectivity index (χ1) is 9.67. The van der Waals surface area contributed by atoms with E-state index in [1.165, 1.54) is 0 Å². The van der Waals surface area contributed by atoms with Gasteiger partial charge >= 0.3 is 0 Å². The molecule has 1 saturated carbocycles. The average Bonchev–Trinajstić information content (AvgIpc) is 2.99. The van der Waals surface area contributed by atoms with Crippen LogP contribution < -0.4 is 5.32 Å². The Morgan fingerprint density at radius 1 is 1.55 bits per heavy atom. The lowest BCUT2D eigenvalue weighted by Gasteiger charge is -2.35. The van der Waals surface area contributed by atoms with E-state index in [0.29, 0.717) is 18.8 Å². The summed E-state index contributed by atoms with van der Waals surface area (Å²) < 4.78 is 5.21. The Balaban J connectivity index is 1.84. The van der Waals surface area contributed by atoms with Gasteiger partial charge in [0.2, 0.25) is 5.91 Å². The minimum absolute atomic E-state index is 0.0575. The number of hydrogen-bond donors (Lipinski definition) is 1. The summed E-state index contributed by atoms with van der Waals surface area (Å²) in [4.78, 5) is 12.0. The fourth-order valence-electron chi connectivity index (χ4n) is 2.86. The predicted octanol–water partition coefficient (Wildman–Crippen LogP) is 3.19. The van der Waals surface area contributed by atoms with Crippen LogP contribution in [0, 0.1) is 17.2 Å². The van der Waals surface area contributed by atoms with Gasteiger partial charge in [-0.15, -0.1) is 0 Å². The van der Waals surface area contributed by atoms with Gasteiger partial charge in [0.15, 0.2) is 0 Å². The third-order valence-corrected chi connectivity index (χ3v) is 4.31. The van der Waals surface area contributed by atoms with Gasteiger partial charge in [0.05, 0.1) is 12.3 Å². The summed E-state index contributed by atoms with van der Waals surface area (Å²) in [6.07, 6.45) is 7.32. The molecule has 0 bridgehead atoms. The van der Waals surface area contributed by atoms with Gasteiger partial charge in [-0.3, -0.25) is 4.79 Å². The normalized spacial score (nSPS) is 25.9. The summed E-state index contributed by atoms with van der Waals surface area (Å²) >= 11 is 0. The van der Waals surface area contributed by atoms with Crippen molar-refractivity contribution < 1.29 is 9.21 Å². The van der Waals surface area contributed by atoms with Crippen LogP contribution in [-0.2, 0) is 11.2 Å². The van der Waals surface area contributed by atoms with Crippen molar-refractivity contribution in [2.75, 3.05) is 0 Å². The van der Waals surface area contributed by atoms with Gasteiger partial charge < -0.3 is 9.73 Å². The molecule has 108 valence electrons. The Bertz CT molecular complexity index is 465. The van der Waals surface area contributed by atoms with Crippen LogP contribution in [0.5, 0.6) is 0 Å². The SMILES string of the molecule is CCC1CCC(C#N)(NC(=O)CCc2ccco2)CC1. The summed E-state index contributed by atoms with van der Waals surface area (Å²) in [6.45, 7) is 2.19. The molecule has 0 spiro atoms. The van der Waals surface area contributed by atoms with E-state index < -0.39 is 5.54 Å². The average molecular weight is 274 g/mol. The van der Waals surface area contributed by atoms with Crippen LogP contribution in [0.2, 0.25) is 0 Å². The van der Waals surface area contributed by atoms with Crippen molar-refractivity contribution in [1.82, 2.24) is 5.32 Å². The van der Waals surface area contributed by atoms with E-state index in [1.54, 1.807) is 6.26 Å². The monoisotopic (exact) mass is 274 g/mol. The number of furan rings is 1. The highest BCUT2D eigenvalue weighted by atomic mass is 16.3. The highest BCUT2D eigenvalue weighted by molar-refractivity contribution is 5.77. The van der Waals surface area contributed by atoms with Crippen LogP contribution in [0.3, 0.4) is 0 Å². The van der Waals surface area contributed by atoms with Gasteiger partial charge in [-0.25, -0.2) is 0 Å². The van der Waals surface area contributed by atoms with Crippen molar-refractivity contribution >= 4 is 5.91 Å². The van der Waals surface area contributed by atoms with E-state index in [2.05, 4.69) is 18.3 Å². The maximum absolute atomic E-state index is 12.0. The maximum atomic E-state index is 12.0. The van der Waals surface area contributed by atoms with E-state index >= 15 is 0 Å². The van der Waals surface area contributed by atoms with Gasteiger partial charge in [0.1, 0.15) is 11.3 Å². The third kappa shape index (κ3) is 3.63. The van der Waals surface area contributed by atoms with Crippen LogP contribution in [0.25, 0.3) is 0 Å². The molecule has 20 heavy (non-hydrogen) atoms. The summed E-state index contributed by atoms with van der Waals surface area (Å²) in [5, 5.41) is 12.4. The Labute approximate surface area is 120 Å². The zero-order valence-corrected chi connectivity index (χ0v) is 12.0. The van der Waals surface area contributed by atoms with Crippen molar-refractivity contribution in [1.29, 1.82) is 5.26 Å². The lowest BCUT2D eigenvalue weighted by molar-refractivity contribution is -0.122. The zero-order valence-electron chi connectivity index (χ0n) is 12.0. The second-order valence-corrected chi connectivity index (χ2v) is 5.67. The fourth-order valence-corrected chi connectivity index (χ4v) is 2.86. The minimum Gasteiger partial charge on any atom is -0.469 e. The van der Waals surface area contributed by atoms with Crippen LogP contribution in [0.1, 0.15) is 51.2 Å². The Morgan fingerprint density at radius 3 is 2.85 bits per heavy atom. The van der Waals surface area contributed by atoms with Crippen LogP contribution in [0.15, 0.2) is 22.8 Å². The Hall–Kier alpha value is -1.76. The van der Waals surface area contributed by atoms with Crippen LogP contribution in [0.4, 0.5) is 0 Å². The van der Waals surface area contributed by atoms with Crippen molar-refractivity contribution in [2.45, 2.75) is 57.4 Å². The molecule has 1 aliphatic rings. The number of nitrogens with one attached hydrogen (secondary N) is 1. The van der Waals surface area contributed by atoms with E-state index in [1.807, 2.05) is 12.1 Å². The number of nitrogens with zero attached hydrogens (tertiary/aromatic N) is 1. The molecule has 1 N–H and O–H groups in total. The van der Waals surface area contributed by atoms with Gasteiger partial charge in [0.25, 0.3) is 0 Å². The molecular formula is C16H22N2O2. The second-order valence-electron chi connectivity index (χ2n) is 5.67. The standard InChI is InChI=1S/C16H22N2O2/c1-2-13-7-9-16(12-17,10-8-13)18-15(19)6-5-14-4-3-11-20-14/h3-4,11,13H,2,5-10H2,1H3,(H,18,19). The second kappa shape index (κ2) is 6.60. The van der Waals surface area contributed by atoms with Crippen LogP contribution in [-0.4, -0.2) is 11.4 Å². The Kier molecular flexibility index (Phi) is 4.84. The number of nitriles is 1. The first-order valence-electron chi connectivity index (χ1n) is 7.42. The van der Waals surface area contributed by atoms with Gasteiger partial charge in [0, 0.05) is 12.8 Å². The molecule has 0 saturated heterocycles. The quantitative estimate of drug-likeness (QED) is 0.896. The van der Waals surface area contributed by atoms with Crippen molar-refractivity contribution in [3.8, 4) is 6.07 Å². The summed E-state index contributed by atoms with van der Waals surface area (Å²) in [7, 11) is 0. The summed E-state index contributed by atoms with van der Waals surface area (Å²) in [5.74, 6) is 1.45. The van der Waals surface area contributed by atoms with Crippen molar-refractivity contribution in [2.24, 2.45) is 5.92 Å². The molecule has 1 fully saturated rings. The molecule has 1 aromatic heterocycles. The first kappa shape index (κ1) is 14.6. The molecule has 1 amide bonds. The number of carbonyl (C=O) groups is 1. The molecule has 1 aromatic rings. The number of carbonyl (C=O) groups excluding carboxylic acids is 1. The molecular weight excluding hydrogens is 252 g/mol. The molecule has 1 aliphatic carbocycles. The number of aryl methyl sites for hydroxylation is 1. The number of amides is 1. The molecule has 2 rings (SSSR count). The fraction of sp³-hybridized carbons (Fsp3) is 0.625. The van der Waals surface area contributed by atoms with Gasteiger partial charge in [-0.05, 0) is 43.7 Å². The molecule has 1 heterocycles. The molecule has 0 unspecified atom stereocenters. The molecule has 4 heteroatoms. The van der Waals surface area contributed by atoms with Gasteiger partial charge in [-0.1, -0.05) is 13.3 Å². The maximum Gasteiger partial charge on any atom is 0.221 e. The van der Waals surface area contributed by atoms with Crippen molar-refractivity contribution in [3.63, 3.8) is 0 Å². The zero-order chi connectivity index (χ0) is 14.4. The van der Waals surface area contributed by atoms with E-state index in [9.17, 15) is 10.1 Å². The molecule has 0 aromatic carbocycles. The first-order valence-corrected chi connectivity index (χ1v) is 7.42. The molecule has 4 nitrogen and oxygen atoms in total. The number of rotatable bonds is 5.